The number of nitrogens with zero attached hydrogens (tertiary/aromatic N) is 2. The standard InChI is InChI=1S/C11H19N3OS/c1-8-9(2)13-14(4-5-15)11(8)12-10-3-6-16-7-10/h10,12,15H,3-7H2,1-2H3. The van der Waals surface area contributed by atoms with E-state index in [9.17, 15) is 0 Å². The van der Waals surface area contributed by atoms with Gasteiger partial charge in [-0.05, 0) is 26.0 Å². The molecular formula is C11H19N3OS. The topological polar surface area (TPSA) is 50.1 Å². The molecule has 1 saturated heterocycles. The Morgan fingerprint density at radius 2 is 2.38 bits per heavy atom. The summed E-state index contributed by atoms with van der Waals surface area (Å²) in [6.45, 7) is 4.80. The van der Waals surface area contributed by atoms with E-state index in [-0.39, 0.29) is 6.61 Å². The van der Waals surface area contributed by atoms with Crippen molar-refractivity contribution in [3.63, 3.8) is 0 Å². The molecule has 1 unspecified atom stereocenters. The fourth-order valence-electron chi connectivity index (χ4n) is 1.95. The summed E-state index contributed by atoms with van der Waals surface area (Å²) in [4.78, 5) is 0. The minimum atomic E-state index is 0.134. The van der Waals surface area contributed by atoms with E-state index >= 15 is 0 Å². The molecule has 0 amide bonds. The van der Waals surface area contributed by atoms with Crippen LogP contribution in [-0.2, 0) is 6.54 Å². The Morgan fingerprint density at radius 3 is 3.00 bits per heavy atom. The predicted octanol–water partition coefficient (Wildman–Crippen LogP) is 1.41. The van der Waals surface area contributed by atoms with Crippen LogP contribution in [-0.4, -0.2) is 39.0 Å². The van der Waals surface area contributed by atoms with Crippen molar-refractivity contribution in [1.82, 2.24) is 9.78 Å². The van der Waals surface area contributed by atoms with E-state index in [1.165, 1.54) is 23.5 Å². The van der Waals surface area contributed by atoms with Crippen molar-refractivity contribution in [2.75, 3.05) is 23.4 Å². The molecule has 16 heavy (non-hydrogen) atoms. The highest BCUT2D eigenvalue weighted by molar-refractivity contribution is 7.99. The van der Waals surface area contributed by atoms with Gasteiger partial charge in [0, 0.05) is 17.4 Å². The maximum atomic E-state index is 9.01. The lowest BCUT2D eigenvalue weighted by molar-refractivity contribution is 0.270. The highest BCUT2D eigenvalue weighted by Gasteiger charge is 2.19. The molecule has 0 radical (unpaired) electrons. The maximum Gasteiger partial charge on any atom is 0.127 e. The smallest absolute Gasteiger partial charge is 0.127 e. The second-order valence-electron chi connectivity index (χ2n) is 4.21. The van der Waals surface area contributed by atoms with Gasteiger partial charge in [-0.3, -0.25) is 0 Å². The summed E-state index contributed by atoms with van der Waals surface area (Å²) < 4.78 is 1.88. The van der Waals surface area contributed by atoms with Crippen molar-refractivity contribution < 1.29 is 5.11 Å². The molecule has 0 aromatic carbocycles. The van der Waals surface area contributed by atoms with Gasteiger partial charge in [0.2, 0.25) is 0 Å². The van der Waals surface area contributed by atoms with Gasteiger partial charge in [0.05, 0.1) is 18.8 Å². The van der Waals surface area contributed by atoms with Crippen LogP contribution in [0.2, 0.25) is 0 Å². The summed E-state index contributed by atoms with van der Waals surface area (Å²) in [7, 11) is 0. The lowest BCUT2D eigenvalue weighted by atomic mass is 10.2. The Bertz CT molecular complexity index is 358. The lowest BCUT2D eigenvalue weighted by Gasteiger charge is -2.15. The van der Waals surface area contributed by atoms with E-state index in [1.807, 2.05) is 23.4 Å². The maximum absolute atomic E-state index is 9.01. The van der Waals surface area contributed by atoms with Crippen LogP contribution in [0.1, 0.15) is 17.7 Å². The molecule has 2 rings (SSSR count). The molecule has 1 atom stereocenters. The van der Waals surface area contributed by atoms with Gasteiger partial charge in [0.25, 0.3) is 0 Å². The number of hydrogen-bond acceptors (Lipinski definition) is 4. The van der Waals surface area contributed by atoms with Crippen LogP contribution in [0.15, 0.2) is 0 Å². The molecule has 2 N–H and O–H groups in total. The van der Waals surface area contributed by atoms with Gasteiger partial charge >= 0.3 is 0 Å². The third-order valence-electron chi connectivity index (χ3n) is 3.01. The first-order valence-electron chi connectivity index (χ1n) is 5.71. The fourth-order valence-corrected chi connectivity index (χ4v) is 3.10. The Balaban J connectivity index is 2.16. The van der Waals surface area contributed by atoms with E-state index in [0.717, 1.165) is 11.5 Å². The molecule has 5 heteroatoms. The van der Waals surface area contributed by atoms with Gasteiger partial charge in [0.15, 0.2) is 0 Å². The highest BCUT2D eigenvalue weighted by atomic mass is 32.2. The van der Waals surface area contributed by atoms with E-state index in [4.69, 9.17) is 5.11 Å². The number of aliphatic hydroxyl groups is 1. The number of aliphatic hydroxyl groups excluding tert-OH is 1. The first-order chi connectivity index (χ1) is 7.72. The molecular weight excluding hydrogens is 222 g/mol. The quantitative estimate of drug-likeness (QED) is 0.837. The normalized spacial score (nSPS) is 20.3. The number of thioether (sulfide) groups is 1. The van der Waals surface area contributed by atoms with Crippen molar-refractivity contribution in [2.24, 2.45) is 0 Å². The number of aromatic nitrogens is 2. The summed E-state index contributed by atoms with van der Waals surface area (Å²) in [5, 5.41) is 17.0. The molecule has 1 fully saturated rings. The Labute approximate surface area is 100 Å². The Morgan fingerprint density at radius 1 is 1.56 bits per heavy atom. The molecule has 0 spiro atoms. The third-order valence-corrected chi connectivity index (χ3v) is 4.17. The van der Waals surface area contributed by atoms with Crippen molar-refractivity contribution in [3.8, 4) is 0 Å². The van der Waals surface area contributed by atoms with Crippen LogP contribution < -0.4 is 5.32 Å². The fraction of sp³-hybridized carbons (Fsp3) is 0.727. The van der Waals surface area contributed by atoms with Gasteiger partial charge in [0.1, 0.15) is 5.82 Å². The molecule has 1 aromatic rings. The minimum Gasteiger partial charge on any atom is -0.394 e. The van der Waals surface area contributed by atoms with Crippen molar-refractivity contribution in [2.45, 2.75) is 32.9 Å². The van der Waals surface area contributed by atoms with Crippen LogP contribution in [0.4, 0.5) is 5.82 Å². The Kier molecular flexibility index (Phi) is 3.76. The van der Waals surface area contributed by atoms with Crippen LogP contribution in [0, 0.1) is 13.8 Å². The van der Waals surface area contributed by atoms with Crippen LogP contribution in [0.25, 0.3) is 0 Å². The summed E-state index contributed by atoms with van der Waals surface area (Å²) in [6.07, 6.45) is 1.22. The third kappa shape index (κ3) is 2.35. The first kappa shape index (κ1) is 11.8. The molecule has 1 aromatic heterocycles. The number of nitrogens with one attached hydrogen (secondary N) is 1. The monoisotopic (exact) mass is 241 g/mol. The van der Waals surface area contributed by atoms with Gasteiger partial charge in [-0.25, -0.2) is 4.68 Å². The van der Waals surface area contributed by atoms with Crippen molar-refractivity contribution in [1.29, 1.82) is 0 Å². The second-order valence-corrected chi connectivity index (χ2v) is 5.36. The average Bonchev–Trinajstić information content (AvgIpc) is 2.84. The molecule has 90 valence electrons. The minimum absolute atomic E-state index is 0.134. The molecule has 2 heterocycles. The number of anilines is 1. The zero-order valence-corrected chi connectivity index (χ0v) is 10.7. The molecule has 0 aliphatic carbocycles. The number of aryl methyl sites for hydroxylation is 1. The van der Waals surface area contributed by atoms with Crippen molar-refractivity contribution >= 4 is 17.6 Å². The summed E-state index contributed by atoms with van der Waals surface area (Å²) in [5.41, 5.74) is 2.24. The zero-order valence-electron chi connectivity index (χ0n) is 9.86. The van der Waals surface area contributed by atoms with E-state index in [1.54, 1.807) is 0 Å². The van der Waals surface area contributed by atoms with Crippen molar-refractivity contribution in [3.05, 3.63) is 11.3 Å². The van der Waals surface area contributed by atoms with Crippen LogP contribution in [0.5, 0.6) is 0 Å². The zero-order chi connectivity index (χ0) is 11.5. The second kappa shape index (κ2) is 5.10. The van der Waals surface area contributed by atoms with E-state index in [0.29, 0.717) is 12.6 Å². The summed E-state index contributed by atoms with van der Waals surface area (Å²) in [6, 6.07) is 0.553. The molecule has 1 aliphatic rings. The highest BCUT2D eigenvalue weighted by Crippen LogP contribution is 2.24. The molecule has 4 nitrogen and oxygen atoms in total. The predicted molar refractivity (Wildman–Crippen MR) is 68.1 cm³/mol. The lowest BCUT2D eigenvalue weighted by Crippen LogP contribution is -2.21. The average molecular weight is 241 g/mol. The van der Waals surface area contributed by atoms with Gasteiger partial charge in [-0.15, -0.1) is 0 Å². The number of rotatable bonds is 4. The molecule has 1 aliphatic heterocycles. The SMILES string of the molecule is Cc1nn(CCO)c(NC2CCSC2)c1C. The van der Waals surface area contributed by atoms with Gasteiger partial charge in [-0.1, -0.05) is 0 Å². The molecule has 0 saturated carbocycles. The van der Waals surface area contributed by atoms with Crippen LogP contribution in [0.3, 0.4) is 0 Å². The van der Waals surface area contributed by atoms with Gasteiger partial charge < -0.3 is 10.4 Å². The molecule has 0 bridgehead atoms. The summed E-state index contributed by atoms with van der Waals surface area (Å²) >= 11 is 1.99. The summed E-state index contributed by atoms with van der Waals surface area (Å²) in [5.74, 6) is 3.49. The Hall–Kier alpha value is -0.680. The van der Waals surface area contributed by atoms with E-state index in [2.05, 4.69) is 17.3 Å². The van der Waals surface area contributed by atoms with E-state index < -0.39 is 0 Å². The number of hydrogen-bond donors (Lipinski definition) is 2. The largest absolute Gasteiger partial charge is 0.394 e. The first-order valence-corrected chi connectivity index (χ1v) is 6.87. The van der Waals surface area contributed by atoms with Crippen LogP contribution >= 0.6 is 11.8 Å². The van der Waals surface area contributed by atoms with Gasteiger partial charge in [-0.2, -0.15) is 16.9 Å².